The second-order valence-corrected chi connectivity index (χ2v) is 0.822. The molecule has 1 radical (unpaired) electrons. The molecule has 0 aliphatic heterocycles. The average molecular weight is 347 g/mol. The van der Waals surface area contributed by atoms with Crippen LogP contribution in [-0.2, 0) is 0 Å². The largest absolute Gasteiger partial charge is 3.00 e. The van der Waals surface area contributed by atoms with Gasteiger partial charge in [-0.1, -0.05) is 36.7 Å². The number of isothiocyanates is 3. The van der Waals surface area contributed by atoms with E-state index < -0.39 is 0 Å². The first-order chi connectivity index (χ1) is 4.24. The van der Waals surface area contributed by atoms with Crippen LogP contribution < -0.4 is 0 Å². The Kier molecular flexibility index (Phi) is 115. The summed E-state index contributed by atoms with van der Waals surface area (Å²) >= 11 is 11.1. The Morgan fingerprint density at radius 1 is 0.700 bits per heavy atom. The van der Waals surface area contributed by atoms with Crippen LogP contribution in [0.5, 0.6) is 0 Å². The molecule has 3 nitrogen and oxygen atoms in total. The molecule has 0 atom stereocenters. The first kappa shape index (κ1) is 22.4. The van der Waals surface area contributed by atoms with Crippen molar-refractivity contribution in [1.82, 2.24) is 0 Å². The van der Waals surface area contributed by atoms with E-state index in [0.717, 1.165) is 0 Å². The van der Waals surface area contributed by atoms with E-state index in [2.05, 4.69) is 36.7 Å². The molecule has 59 valence electrons. The van der Waals surface area contributed by atoms with Crippen molar-refractivity contribution >= 4 is 52.1 Å². The number of hydrogen-bond donors (Lipinski definition) is 0. The van der Waals surface area contributed by atoms with Crippen LogP contribution in [0.15, 0.2) is 0 Å². The summed E-state index contributed by atoms with van der Waals surface area (Å²) in [6.07, 6.45) is 0. The van der Waals surface area contributed by atoms with Gasteiger partial charge in [0.15, 0.2) is 0 Å². The summed E-state index contributed by atoms with van der Waals surface area (Å²) in [7, 11) is 0. The van der Waals surface area contributed by atoms with Gasteiger partial charge in [-0.3, -0.25) is 0 Å². The Morgan fingerprint density at radius 3 is 0.700 bits per heavy atom. The maximum atomic E-state index is 7.13. The van der Waals surface area contributed by atoms with E-state index in [1.165, 1.54) is 15.5 Å². The molecule has 0 saturated heterocycles. The minimum Gasteiger partial charge on any atom is -0.753 e. The van der Waals surface area contributed by atoms with Crippen LogP contribution in [0.2, 0.25) is 0 Å². The van der Waals surface area contributed by atoms with Gasteiger partial charge in [0, 0.05) is 0 Å². The molecule has 0 aromatic heterocycles. The van der Waals surface area contributed by atoms with Gasteiger partial charge < -0.3 is 16.2 Å². The van der Waals surface area contributed by atoms with E-state index in [9.17, 15) is 0 Å². The molecule has 0 rings (SSSR count). The van der Waals surface area contributed by atoms with Gasteiger partial charge in [0.1, 0.15) is 0 Å². The summed E-state index contributed by atoms with van der Waals surface area (Å²) in [4.78, 5) is 0. The number of rotatable bonds is 0. The zero-order chi connectivity index (χ0) is 8.12. The summed E-state index contributed by atoms with van der Waals surface area (Å²) in [6.45, 7) is 0. The first-order valence-electron chi connectivity index (χ1n) is 1.28. The molecule has 0 aliphatic rings. The van der Waals surface area contributed by atoms with Gasteiger partial charge in [-0.25, -0.2) is 0 Å². The van der Waals surface area contributed by atoms with E-state index in [4.69, 9.17) is 16.2 Å². The van der Waals surface area contributed by atoms with Gasteiger partial charge in [-0.2, -0.15) is 15.5 Å². The molecule has 0 saturated carbocycles. The molecule has 0 amide bonds. The molecule has 7 heteroatoms. The van der Waals surface area contributed by atoms with Crippen LogP contribution in [0.4, 0.5) is 0 Å². The molecular formula is C3N3S3Yb. The summed E-state index contributed by atoms with van der Waals surface area (Å²) in [5.41, 5.74) is 0. The third kappa shape index (κ3) is 662. The molecule has 0 heterocycles. The topological polar surface area (TPSA) is 66.9 Å². The molecule has 10 heavy (non-hydrogen) atoms. The van der Waals surface area contributed by atoms with E-state index in [1.807, 2.05) is 0 Å². The number of nitrogens with zero attached hydrogens (tertiary/aromatic N) is 3. The van der Waals surface area contributed by atoms with Crippen molar-refractivity contribution in [2.75, 3.05) is 0 Å². The van der Waals surface area contributed by atoms with Crippen molar-refractivity contribution in [1.29, 1.82) is 0 Å². The van der Waals surface area contributed by atoms with Gasteiger partial charge >= 0.3 is 46.9 Å². The minimum atomic E-state index is 0. The Balaban J connectivity index is -0.0000000257. The van der Waals surface area contributed by atoms with Crippen molar-refractivity contribution in [3.8, 4) is 0 Å². The van der Waals surface area contributed by atoms with Gasteiger partial charge in [0.25, 0.3) is 0 Å². The summed E-state index contributed by atoms with van der Waals surface area (Å²) in [5.74, 6) is 0. The quantitative estimate of drug-likeness (QED) is 0.497. The molecule has 0 fully saturated rings. The second kappa shape index (κ2) is 51.4. The molecule has 0 aromatic rings. The first-order valence-corrected chi connectivity index (χ1v) is 2.51. The standard InChI is InChI=1S/3CNS.Yb/c3*2-1-3;/q3*-1;+3. The third-order valence-electron chi connectivity index (χ3n) is 0. The summed E-state index contributed by atoms with van der Waals surface area (Å²) in [5, 5.41) is 25.4. The van der Waals surface area contributed by atoms with Gasteiger partial charge in [0.05, 0.1) is 0 Å². The van der Waals surface area contributed by atoms with Gasteiger partial charge in [-0.05, 0) is 0 Å². The Bertz CT molecular complexity index is 111. The zero-order valence-corrected chi connectivity index (χ0v) is 8.50. The van der Waals surface area contributed by atoms with E-state index in [-0.39, 0.29) is 46.9 Å². The van der Waals surface area contributed by atoms with E-state index >= 15 is 0 Å². The van der Waals surface area contributed by atoms with Crippen LogP contribution >= 0.6 is 36.7 Å². The fourth-order valence-electron chi connectivity index (χ4n) is 0. The smallest absolute Gasteiger partial charge is 0.753 e. The molecule has 0 aromatic carbocycles. The van der Waals surface area contributed by atoms with Crippen molar-refractivity contribution in [3.05, 3.63) is 16.2 Å². The van der Waals surface area contributed by atoms with Crippen molar-refractivity contribution in [3.63, 3.8) is 0 Å². The normalized spacial score (nSPS) is 2.40. The third-order valence-corrected chi connectivity index (χ3v) is 0. The fourth-order valence-corrected chi connectivity index (χ4v) is 0. The predicted molar refractivity (Wildman–Crippen MR) is 47.9 cm³/mol. The van der Waals surface area contributed by atoms with Crippen LogP contribution in [0.25, 0.3) is 16.2 Å². The van der Waals surface area contributed by atoms with E-state index in [1.54, 1.807) is 0 Å². The second-order valence-electron chi connectivity index (χ2n) is 0.274. The molecule has 0 aliphatic carbocycles. The minimum absolute atomic E-state index is 0. The van der Waals surface area contributed by atoms with Crippen molar-refractivity contribution < 1.29 is 46.9 Å². The maximum absolute atomic E-state index is 7.13. The van der Waals surface area contributed by atoms with E-state index in [0.29, 0.717) is 0 Å². The fraction of sp³-hybridized carbons (Fsp3) is 0. The van der Waals surface area contributed by atoms with Crippen LogP contribution in [0.1, 0.15) is 0 Å². The molecule has 0 unspecified atom stereocenters. The number of thiocarbonyl (C=S) groups is 3. The van der Waals surface area contributed by atoms with Gasteiger partial charge in [0.2, 0.25) is 0 Å². The molecular weight excluding hydrogens is 347 g/mol. The SMILES string of the molecule is [N-]=C=S.[N-]=C=S.[N-]=C=S.[Yb+3]. The summed E-state index contributed by atoms with van der Waals surface area (Å²) < 4.78 is 0. The Hall–Kier alpha value is 0.919. The predicted octanol–water partition coefficient (Wildman–Crippen LogP) is 1.98. The Morgan fingerprint density at radius 2 is 0.700 bits per heavy atom. The Labute approximate surface area is 113 Å². The van der Waals surface area contributed by atoms with Crippen molar-refractivity contribution in [2.45, 2.75) is 0 Å². The van der Waals surface area contributed by atoms with Crippen molar-refractivity contribution in [2.24, 2.45) is 0 Å². The maximum Gasteiger partial charge on any atom is 3.00 e. The van der Waals surface area contributed by atoms with Crippen LogP contribution in [-0.4, -0.2) is 15.5 Å². The molecule has 0 N–H and O–H groups in total. The monoisotopic (exact) mass is 348 g/mol. The summed E-state index contributed by atoms with van der Waals surface area (Å²) in [6, 6.07) is 0. The molecule has 0 bridgehead atoms. The van der Waals surface area contributed by atoms with Gasteiger partial charge in [-0.15, -0.1) is 0 Å². The average Bonchev–Trinajstić information content (AvgIpc) is 1.70. The zero-order valence-electron chi connectivity index (χ0n) is 4.33. The molecule has 0 spiro atoms. The van der Waals surface area contributed by atoms with Crippen LogP contribution in [0, 0.1) is 46.9 Å². The van der Waals surface area contributed by atoms with Crippen LogP contribution in [0.3, 0.4) is 0 Å². The number of hydrogen-bond acceptors (Lipinski definition) is 3.